The molecule has 2 aromatic rings. The highest BCUT2D eigenvalue weighted by atomic mass is 16.5. The Hall–Kier alpha value is -3.43. The zero-order valence-corrected chi connectivity index (χ0v) is 22.8. The number of nitrogens with one attached hydrogen (secondary N) is 2. The maximum Gasteiger partial charge on any atom is 0.250 e. The van der Waals surface area contributed by atoms with Gasteiger partial charge in [-0.05, 0) is 63.4 Å². The molecule has 2 aromatic carbocycles. The third kappa shape index (κ3) is 4.67. The summed E-state index contributed by atoms with van der Waals surface area (Å²) in [5.41, 5.74) is 1.53. The second-order valence-electron chi connectivity index (χ2n) is 10.7. The Morgan fingerprint density at radius 2 is 1.79 bits per heavy atom. The van der Waals surface area contributed by atoms with E-state index in [1.807, 2.05) is 54.6 Å². The van der Waals surface area contributed by atoms with E-state index in [1.165, 1.54) is 4.90 Å². The molecule has 9 heteroatoms. The molecule has 0 radical (unpaired) electrons. The number of benzene rings is 2. The highest BCUT2D eigenvalue weighted by Crippen LogP contribution is 2.58. The first-order valence-corrected chi connectivity index (χ1v) is 13.9. The van der Waals surface area contributed by atoms with Gasteiger partial charge in [0.2, 0.25) is 17.7 Å². The number of aliphatic hydroxyl groups excluding tert-OH is 1. The van der Waals surface area contributed by atoms with Gasteiger partial charge in [-0.25, -0.2) is 0 Å². The fourth-order valence-corrected chi connectivity index (χ4v) is 6.71. The van der Waals surface area contributed by atoms with Crippen molar-refractivity contribution in [3.05, 3.63) is 60.2 Å². The molecule has 39 heavy (non-hydrogen) atoms. The maximum atomic E-state index is 13.9. The molecule has 208 valence electrons. The van der Waals surface area contributed by atoms with Gasteiger partial charge in [0.15, 0.2) is 0 Å². The van der Waals surface area contributed by atoms with Crippen molar-refractivity contribution in [2.75, 3.05) is 29.9 Å². The van der Waals surface area contributed by atoms with Crippen LogP contribution in [0.3, 0.4) is 0 Å². The van der Waals surface area contributed by atoms with Gasteiger partial charge in [-0.1, -0.05) is 30.3 Å². The predicted octanol–water partition coefficient (Wildman–Crippen LogP) is 2.54. The van der Waals surface area contributed by atoms with Crippen LogP contribution in [0, 0.1) is 11.8 Å². The highest BCUT2D eigenvalue weighted by Gasteiger charge is 2.74. The minimum absolute atomic E-state index is 0.242. The van der Waals surface area contributed by atoms with Gasteiger partial charge in [-0.3, -0.25) is 14.4 Å². The number of ether oxygens (including phenoxy) is 1. The lowest BCUT2D eigenvalue weighted by atomic mass is 9.70. The minimum atomic E-state index is -1.11. The van der Waals surface area contributed by atoms with Gasteiger partial charge in [0, 0.05) is 31.0 Å². The number of likely N-dealkylation sites (tertiary alicyclic amines) is 1. The van der Waals surface area contributed by atoms with E-state index in [0.717, 1.165) is 24.3 Å². The number of carbonyl (C=O) groups excluding carboxylic acids is 3. The second-order valence-corrected chi connectivity index (χ2v) is 10.7. The maximum absolute atomic E-state index is 13.9. The number of fused-ring (bicyclic) bond motifs is 1. The Morgan fingerprint density at radius 3 is 2.44 bits per heavy atom. The van der Waals surface area contributed by atoms with E-state index in [-0.39, 0.29) is 24.3 Å². The van der Waals surface area contributed by atoms with Crippen molar-refractivity contribution >= 4 is 29.1 Å². The number of rotatable bonds is 10. The fraction of sp³-hybridized carbons (Fsp3) is 0.500. The van der Waals surface area contributed by atoms with Crippen LogP contribution in [0.15, 0.2) is 54.6 Å². The van der Waals surface area contributed by atoms with E-state index in [1.54, 1.807) is 6.92 Å². The average Bonchev–Trinajstić information content (AvgIpc) is 3.60. The van der Waals surface area contributed by atoms with Crippen molar-refractivity contribution in [2.45, 2.75) is 63.9 Å². The SMILES string of the molecule is CCN(CC)c1ccc(NC(=O)C2N([C@H](C)CO)C(=O)[C@@H]3[C@H](C(=O)NCc4ccccc4)[C@@H]4CCC23O4)cc1. The van der Waals surface area contributed by atoms with Gasteiger partial charge >= 0.3 is 0 Å². The summed E-state index contributed by atoms with van der Waals surface area (Å²) in [6, 6.07) is 15.7. The van der Waals surface area contributed by atoms with Crippen LogP contribution in [0.4, 0.5) is 11.4 Å². The highest BCUT2D eigenvalue weighted by molar-refractivity contribution is 6.03. The summed E-state index contributed by atoms with van der Waals surface area (Å²) in [6.07, 6.45) is 0.672. The van der Waals surface area contributed by atoms with E-state index in [9.17, 15) is 19.5 Å². The normalized spacial score (nSPS) is 27.8. The van der Waals surface area contributed by atoms with Crippen molar-refractivity contribution < 1.29 is 24.2 Å². The topological polar surface area (TPSA) is 111 Å². The van der Waals surface area contributed by atoms with Crippen molar-refractivity contribution in [2.24, 2.45) is 11.8 Å². The Morgan fingerprint density at radius 1 is 1.10 bits per heavy atom. The lowest BCUT2D eigenvalue weighted by Gasteiger charge is -2.35. The summed E-state index contributed by atoms with van der Waals surface area (Å²) in [6.45, 7) is 7.70. The van der Waals surface area contributed by atoms with Crippen LogP contribution in [0.25, 0.3) is 0 Å². The third-order valence-electron chi connectivity index (χ3n) is 8.60. The number of nitrogens with zero attached hydrogens (tertiary/aromatic N) is 2. The smallest absolute Gasteiger partial charge is 0.250 e. The molecule has 2 bridgehead atoms. The third-order valence-corrected chi connectivity index (χ3v) is 8.60. The second kappa shape index (κ2) is 11.0. The van der Waals surface area contributed by atoms with Gasteiger partial charge in [-0.15, -0.1) is 0 Å². The lowest BCUT2D eigenvalue weighted by molar-refractivity contribution is -0.143. The molecule has 3 N–H and O–H groups in total. The van der Waals surface area contributed by atoms with Crippen LogP contribution >= 0.6 is 0 Å². The van der Waals surface area contributed by atoms with Crippen molar-refractivity contribution in [1.29, 1.82) is 0 Å². The standard InChI is InChI=1S/C30H38N4O5/c1-4-33(5-2)22-13-11-21(12-14-22)32-28(37)26-30-16-15-23(39-30)24(25(30)29(38)34(26)19(3)18-35)27(36)31-17-20-9-7-6-8-10-20/h6-14,19,23-26,35H,4-5,15-18H2,1-3H3,(H,31,36)(H,32,37)/t19-,23+,24-,25+,26?,30?/m1/s1. The van der Waals surface area contributed by atoms with Crippen molar-refractivity contribution in [3.8, 4) is 0 Å². The first-order chi connectivity index (χ1) is 18.8. The number of hydrogen-bond donors (Lipinski definition) is 3. The lowest BCUT2D eigenvalue weighted by Crippen LogP contribution is -2.55. The summed E-state index contributed by atoms with van der Waals surface area (Å²) in [5, 5.41) is 16.0. The van der Waals surface area contributed by atoms with E-state index in [2.05, 4.69) is 29.4 Å². The average molecular weight is 535 g/mol. The Kier molecular flexibility index (Phi) is 7.64. The van der Waals surface area contributed by atoms with Gasteiger partial charge in [0.1, 0.15) is 11.6 Å². The molecular weight excluding hydrogens is 496 g/mol. The van der Waals surface area contributed by atoms with Crippen LogP contribution in [0.2, 0.25) is 0 Å². The van der Waals surface area contributed by atoms with Crippen LogP contribution in [-0.4, -0.2) is 71.2 Å². The molecule has 2 unspecified atom stereocenters. The number of aliphatic hydroxyl groups is 1. The number of carbonyl (C=O) groups is 3. The monoisotopic (exact) mass is 534 g/mol. The molecule has 0 aliphatic carbocycles. The molecule has 3 aliphatic heterocycles. The van der Waals surface area contributed by atoms with Crippen LogP contribution in [-0.2, 0) is 25.7 Å². The molecule has 3 amide bonds. The summed E-state index contributed by atoms with van der Waals surface area (Å²) < 4.78 is 6.44. The summed E-state index contributed by atoms with van der Waals surface area (Å²) >= 11 is 0. The number of amides is 3. The van der Waals surface area contributed by atoms with Gasteiger partial charge in [0.05, 0.1) is 30.6 Å². The molecule has 6 atom stereocenters. The Balaban J connectivity index is 1.39. The molecule has 9 nitrogen and oxygen atoms in total. The molecule has 3 heterocycles. The molecule has 1 spiro atoms. The molecule has 0 saturated carbocycles. The number of anilines is 2. The van der Waals surface area contributed by atoms with E-state index < -0.39 is 35.6 Å². The van der Waals surface area contributed by atoms with Gasteiger partial charge in [-0.2, -0.15) is 0 Å². The molecule has 3 saturated heterocycles. The first kappa shape index (κ1) is 27.1. The zero-order valence-electron chi connectivity index (χ0n) is 22.8. The molecule has 0 aromatic heterocycles. The van der Waals surface area contributed by atoms with Crippen molar-refractivity contribution in [3.63, 3.8) is 0 Å². The summed E-state index contributed by atoms with van der Waals surface area (Å²) in [4.78, 5) is 44.8. The molecule has 3 fully saturated rings. The van der Waals surface area contributed by atoms with Gasteiger partial charge in [0.25, 0.3) is 0 Å². The first-order valence-electron chi connectivity index (χ1n) is 13.9. The largest absolute Gasteiger partial charge is 0.394 e. The number of hydrogen-bond acceptors (Lipinski definition) is 6. The zero-order chi connectivity index (χ0) is 27.7. The Bertz CT molecular complexity index is 1200. The van der Waals surface area contributed by atoms with E-state index in [0.29, 0.717) is 25.1 Å². The van der Waals surface area contributed by atoms with E-state index in [4.69, 9.17) is 4.74 Å². The summed E-state index contributed by atoms with van der Waals surface area (Å²) in [7, 11) is 0. The van der Waals surface area contributed by atoms with Crippen molar-refractivity contribution in [1.82, 2.24) is 10.2 Å². The predicted molar refractivity (Wildman–Crippen MR) is 148 cm³/mol. The quantitative estimate of drug-likeness (QED) is 0.432. The van der Waals surface area contributed by atoms with E-state index >= 15 is 0 Å². The molecular formula is C30H38N4O5. The van der Waals surface area contributed by atoms with Crippen LogP contribution in [0.5, 0.6) is 0 Å². The van der Waals surface area contributed by atoms with Crippen LogP contribution < -0.4 is 15.5 Å². The van der Waals surface area contributed by atoms with Crippen LogP contribution in [0.1, 0.15) is 39.2 Å². The fourth-order valence-electron chi connectivity index (χ4n) is 6.71. The minimum Gasteiger partial charge on any atom is -0.394 e. The molecule has 3 aliphatic rings. The molecule has 5 rings (SSSR count). The Labute approximate surface area is 229 Å². The summed E-state index contributed by atoms with van der Waals surface area (Å²) in [5.74, 6) is -2.38. The van der Waals surface area contributed by atoms with Gasteiger partial charge < -0.3 is 30.3 Å².